The van der Waals surface area contributed by atoms with E-state index in [0.717, 1.165) is 17.2 Å². The zero-order valence-corrected chi connectivity index (χ0v) is 11.7. The molecule has 1 aromatic heterocycles. The highest BCUT2D eigenvalue weighted by molar-refractivity contribution is 7.85. The number of aliphatic hydroxyl groups excluding tert-OH is 1. The first-order valence-electron chi connectivity index (χ1n) is 5.94. The van der Waals surface area contributed by atoms with Crippen LogP contribution in [-0.4, -0.2) is 44.1 Å². The average molecular weight is 297 g/mol. The molecule has 1 aromatic carbocycles. The molecule has 2 rings (SSSR count). The summed E-state index contributed by atoms with van der Waals surface area (Å²) in [5.41, 5.74) is 0.827. The quantitative estimate of drug-likeness (QED) is 0.799. The van der Waals surface area contributed by atoms with E-state index in [1.54, 1.807) is 24.4 Å². The summed E-state index contributed by atoms with van der Waals surface area (Å²) >= 11 is 0. The minimum Gasteiger partial charge on any atom is -0.486 e. The van der Waals surface area contributed by atoms with Crippen molar-refractivity contribution >= 4 is 21.0 Å². The molecule has 0 bridgehead atoms. The smallest absolute Gasteiger partial charge is 0.264 e. The maximum Gasteiger partial charge on any atom is 0.264 e. The highest BCUT2D eigenvalue weighted by atomic mass is 32.2. The molecular weight excluding hydrogens is 282 g/mol. The standard InChI is InChI=1S/C13H15NO5S/c1-20(16,17)18-9-12(8-15)19-11-4-5-13-10(7-11)3-2-6-14-13/h2-7,12,15H,8-9H2,1H3. The summed E-state index contributed by atoms with van der Waals surface area (Å²) < 4.78 is 31.9. The first-order chi connectivity index (χ1) is 9.48. The van der Waals surface area contributed by atoms with E-state index in [-0.39, 0.29) is 13.2 Å². The Morgan fingerprint density at radius 2 is 2.15 bits per heavy atom. The van der Waals surface area contributed by atoms with Crippen molar-refractivity contribution in [3.63, 3.8) is 0 Å². The van der Waals surface area contributed by atoms with Gasteiger partial charge in [0.2, 0.25) is 0 Å². The van der Waals surface area contributed by atoms with Gasteiger partial charge in [0.25, 0.3) is 10.1 Å². The van der Waals surface area contributed by atoms with E-state index in [1.165, 1.54) is 0 Å². The van der Waals surface area contributed by atoms with Gasteiger partial charge in [-0.15, -0.1) is 0 Å². The van der Waals surface area contributed by atoms with Crippen molar-refractivity contribution < 1.29 is 22.4 Å². The van der Waals surface area contributed by atoms with E-state index in [2.05, 4.69) is 9.17 Å². The Hall–Kier alpha value is -1.70. The molecule has 0 saturated heterocycles. The number of ether oxygens (including phenoxy) is 1. The molecule has 1 unspecified atom stereocenters. The molecule has 0 spiro atoms. The molecule has 0 radical (unpaired) electrons. The van der Waals surface area contributed by atoms with Gasteiger partial charge in [-0.2, -0.15) is 8.42 Å². The summed E-state index contributed by atoms with van der Waals surface area (Å²) in [6.07, 6.45) is 1.89. The van der Waals surface area contributed by atoms with Gasteiger partial charge in [-0.1, -0.05) is 6.07 Å². The molecule has 0 fully saturated rings. The molecule has 1 heterocycles. The second-order valence-corrected chi connectivity index (χ2v) is 5.91. The Kier molecular flexibility index (Phi) is 4.53. The monoisotopic (exact) mass is 297 g/mol. The van der Waals surface area contributed by atoms with Crippen LogP contribution in [0.25, 0.3) is 10.9 Å². The molecule has 0 amide bonds. The van der Waals surface area contributed by atoms with Crippen LogP contribution in [0.3, 0.4) is 0 Å². The highest BCUT2D eigenvalue weighted by Crippen LogP contribution is 2.20. The normalized spacial score (nSPS) is 13.3. The lowest BCUT2D eigenvalue weighted by Crippen LogP contribution is -2.28. The molecule has 1 N–H and O–H groups in total. The lowest BCUT2D eigenvalue weighted by atomic mass is 10.2. The molecule has 108 valence electrons. The molecule has 2 aromatic rings. The van der Waals surface area contributed by atoms with Gasteiger partial charge in [-0.3, -0.25) is 9.17 Å². The van der Waals surface area contributed by atoms with Crippen LogP contribution in [0.2, 0.25) is 0 Å². The van der Waals surface area contributed by atoms with Gasteiger partial charge in [-0.25, -0.2) is 0 Å². The molecule has 0 aliphatic carbocycles. The van der Waals surface area contributed by atoms with E-state index < -0.39 is 16.2 Å². The van der Waals surface area contributed by atoms with Gasteiger partial charge >= 0.3 is 0 Å². The number of rotatable bonds is 6. The van der Waals surface area contributed by atoms with Crippen LogP contribution in [0.5, 0.6) is 5.75 Å². The van der Waals surface area contributed by atoms with Crippen molar-refractivity contribution in [1.82, 2.24) is 4.98 Å². The number of aromatic nitrogens is 1. The number of benzene rings is 1. The van der Waals surface area contributed by atoms with Crippen LogP contribution in [0.15, 0.2) is 36.5 Å². The number of fused-ring (bicyclic) bond motifs is 1. The second-order valence-electron chi connectivity index (χ2n) is 4.27. The molecule has 1 atom stereocenters. The third kappa shape index (κ3) is 4.16. The number of nitrogens with zero attached hydrogens (tertiary/aromatic N) is 1. The summed E-state index contributed by atoms with van der Waals surface area (Å²) in [6, 6.07) is 8.96. The van der Waals surface area contributed by atoms with Gasteiger partial charge in [-0.05, 0) is 24.3 Å². The fraction of sp³-hybridized carbons (Fsp3) is 0.308. The Morgan fingerprint density at radius 1 is 1.35 bits per heavy atom. The van der Waals surface area contributed by atoms with E-state index in [9.17, 15) is 13.5 Å². The Balaban J connectivity index is 2.09. The van der Waals surface area contributed by atoms with E-state index in [1.807, 2.05) is 12.1 Å². The van der Waals surface area contributed by atoms with Gasteiger partial charge < -0.3 is 9.84 Å². The minimum atomic E-state index is -3.56. The zero-order valence-electron chi connectivity index (χ0n) is 10.9. The molecule has 0 saturated carbocycles. The molecule has 20 heavy (non-hydrogen) atoms. The van der Waals surface area contributed by atoms with E-state index >= 15 is 0 Å². The fourth-order valence-electron chi connectivity index (χ4n) is 1.64. The van der Waals surface area contributed by atoms with Gasteiger partial charge in [0.15, 0.2) is 0 Å². The van der Waals surface area contributed by atoms with Crippen molar-refractivity contribution in [1.29, 1.82) is 0 Å². The average Bonchev–Trinajstić information content (AvgIpc) is 2.42. The lowest BCUT2D eigenvalue weighted by Gasteiger charge is -2.16. The van der Waals surface area contributed by atoms with Crippen LogP contribution in [-0.2, 0) is 14.3 Å². The Morgan fingerprint density at radius 3 is 2.85 bits per heavy atom. The first-order valence-corrected chi connectivity index (χ1v) is 7.76. The van der Waals surface area contributed by atoms with Crippen molar-refractivity contribution in [3.8, 4) is 5.75 Å². The summed E-state index contributed by atoms with van der Waals surface area (Å²) in [4.78, 5) is 4.18. The molecule has 0 aliphatic rings. The Labute approximate surface area is 117 Å². The second kappa shape index (κ2) is 6.17. The maximum absolute atomic E-state index is 10.9. The molecule has 6 nitrogen and oxygen atoms in total. The maximum atomic E-state index is 10.9. The van der Waals surface area contributed by atoms with Crippen LogP contribution in [0.4, 0.5) is 0 Å². The number of hydrogen-bond acceptors (Lipinski definition) is 6. The predicted octanol–water partition coefficient (Wildman–Crippen LogP) is 0.951. The Bertz CT molecular complexity index is 686. The summed E-state index contributed by atoms with van der Waals surface area (Å²) in [6.45, 7) is -0.582. The van der Waals surface area contributed by atoms with Crippen LogP contribution < -0.4 is 4.74 Å². The fourth-order valence-corrected chi connectivity index (χ4v) is 2.04. The van der Waals surface area contributed by atoms with Gasteiger partial charge in [0, 0.05) is 11.6 Å². The van der Waals surface area contributed by atoms with Gasteiger partial charge in [0.1, 0.15) is 18.5 Å². The van der Waals surface area contributed by atoms with Crippen molar-refractivity contribution in [3.05, 3.63) is 36.5 Å². The largest absolute Gasteiger partial charge is 0.486 e. The van der Waals surface area contributed by atoms with E-state index in [0.29, 0.717) is 5.75 Å². The van der Waals surface area contributed by atoms with Gasteiger partial charge in [0.05, 0.1) is 18.4 Å². The third-order valence-electron chi connectivity index (χ3n) is 2.55. The summed E-state index contributed by atoms with van der Waals surface area (Å²) in [5, 5.41) is 10.1. The van der Waals surface area contributed by atoms with Crippen molar-refractivity contribution in [2.24, 2.45) is 0 Å². The van der Waals surface area contributed by atoms with Crippen LogP contribution in [0, 0.1) is 0 Å². The van der Waals surface area contributed by atoms with Crippen molar-refractivity contribution in [2.45, 2.75) is 6.10 Å². The predicted molar refractivity (Wildman–Crippen MR) is 74.0 cm³/mol. The third-order valence-corrected chi connectivity index (χ3v) is 3.11. The van der Waals surface area contributed by atoms with Crippen LogP contribution >= 0.6 is 0 Å². The number of aliphatic hydroxyl groups is 1. The summed E-state index contributed by atoms with van der Waals surface area (Å²) in [7, 11) is -3.56. The van der Waals surface area contributed by atoms with Crippen molar-refractivity contribution in [2.75, 3.05) is 19.5 Å². The first kappa shape index (κ1) is 14.7. The lowest BCUT2D eigenvalue weighted by molar-refractivity contribution is 0.0745. The molecule has 7 heteroatoms. The SMILES string of the molecule is CS(=O)(=O)OCC(CO)Oc1ccc2ncccc2c1. The topological polar surface area (TPSA) is 85.7 Å². The van der Waals surface area contributed by atoms with Crippen LogP contribution in [0.1, 0.15) is 0 Å². The molecular formula is C13H15NO5S. The van der Waals surface area contributed by atoms with E-state index in [4.69, 9.17) is 4.74 Å². The summed E-state index contributed by atoms with van der Waals surface area (Å²) in [5.74, 6) is 0.515. The number of hydrogen-bond donors (Lipinski definition) is 1. The highest BCUT2D eigenvalue weighted by Gasteiger charge is 2.13. The molecule has 0 aliphatic heterocycles. The number of pyridine rings is 1. The minimum absolute atomic E-state index is 0.236. The zero-order chi connectivity index (χ0) is 14.6.